The molecule has 0 aromatic carbocycles. The van der Waals surface area contributed by atoms with Crippen molar-refractivity contribution in [2.24, 2.45) is 5.73 Å². The zero-order chi connectivity index (χ0) is 9.97. The fraction of sp³-hybridized carbons (Fsp3) is 0.667. The number of nitrogens with zero attached hydrogens (tertiary/aromatic N) is 2. The summed E-state index contributed by atoms with van der Waals surface area (Å²) in [6.07, 6.45) is 0. The van der Waals surface area contributed by atoms with Crippen LogP contribution in [0.25, 0.3) is 0 Å². The predicted octanol–water partition coefficient (Wildman–Crippen LogP) is 0.266. The van der Waals surface area contributed by atoms with Crippen LogP contribution in [0.2, 0.25) is 0 Å². The number of anilines is 1. The number of rotatable bonds is 2. The number of aromatic amines is 1. The molecule has 0 saturated carbocycles. The maximum Gasteiger partial charge on any atom is 0.150 e. The summed E-state index contributed by atoms with van der Waals surface area (Å²) in [6.45, 7) is 5.31. The van der Waals surface area contributed by atoms with Gasteiger partial charge in [-0.15, -0.1) is 0 Å². The van der Waals surface area contributed by atoms with Crippen LogP contribution < -0.4 is 10.6 Å². The number of hydrogen-bond donors (Lipinski definition) is 2. The van der Waals surface area contributed by atoms with Crippen LogP contribution >= 0.6 is 0 Å². The second-order valence-electron chi connectivity index (χ2n) is 3.57. The molecule has 1 saturated heterocycles. The number of nitrogens with one attached hydrogen (secondary N) is 1. The Morgan fingerprint density at radius 1 is 1.57 bits per heavy atom. The van der Waals surface area contributed by atoms with Crippen molar-refractivity contribution in [3.8, 4) is 0 Å². The van der Waals surface area contributed by atoms with E-state index in [1.165, 1.54) is 0 Å². The summed E-state index contributed by atoms with van der Waals surface area (Å²) in [6, 6.07) is 2.02. The lowest BCUT2D eigenvalue weighted by atomic mass is 10.2. The van der Waals surface area contributed by atoms with Crippen molar-refractivity contribution < 1.29 is 4.74 Å². The van der Waals surface area contributed by atoms with E-state index in [1.54, 1.807) is 0 Å². The molecule has 0 radical (unpaired) electrons. The van der Waals surface area contributed by atoms with Crippen LogP contribution in [0, 0.1) is 0 Å². The third-order valence-corrected chi connectivity index (χ3v) is 2.41. The summed E-state index contributed by atoms with van der Waals surface area (Å²) in [5.74, 6) is 0.973. The van der Waals surface area contributed by atoms with Gasteiger partial charge in [-0.3, -0.25) is 5.10 Å². The molecule has 1 aliphatic heterocycles. The Morgan fingerprint density at radius 3 is 2.86 bits per heavy atom. The molecule has 5 nitrogen and oxygen atoms in total. The number of hydrogen-bond acceptors (Lipinski definition) is 4. The Bertz CT molecular complexity index is 291. The fourth-order valence-corrected chi connectivity index (χ4v) is 1.51. The molecule has 1 atom stereocenters. The van der Waals surface area contributed by atoms with Crippen molar-refractivity contribution in [3.05, 3.63) is 11.8 Å². The quantitative estimate of drug-likeness (QED) is 0.712. The maximum absolute atomic E-state index is 5.74. The van der Waals surface area contributed by atoms with Gasteiger partial charge in [0, 0.05) is 25.2 Å². The van der Waals surface area contributed by atoms with Gasteiger partial charge in [0.05, 0.1) is 18.9 Å². The van der Waals surface area contributed by atoms with Crippen molar-refractivity contribution in [1.82, 2.24) is 10.2 Å². The molecule has 0 bridgehead atoms. The van der Waals surface area contributed by atoms with Crippen molar-refractivity contribution in [2.45, 2.75) is 13.0 Å². The molecule has 5 heteroatoms. The Morgan fingerprint density at radius 2 is 2.29 bits per heavy atom. The Labute approximate surface area is 83.2 Å². The van der Waals surface area contributed by atoms with E-state index in [4.69, 9.17) is 10.5 Å². The van der Waals surface area contributed by atoms with Gasteiger partial charge in [0.1, 0.15) is 0 Å². The van der Waals surface area contributed by atoms with Gasteiger partial charge in [0.2, 0.25) is 0 Å². The second kappa shape index (κ2) is 3.98. The van der Waals surface area contributed by atoms with Crippen LogP contribution in [0.3, 0.4) is 0 Å². The molecule has 2 rings (SSSR count). The minimum Gasteiger partial charge on any atom is -0.378 e. The Hall–Kier alpha value is -1.07. The lowest BCUT2D eigenvalue weighted by molar-refractivity contribution is 0.122. The fourth-order valence-electron chi connectivity index (χ4n) is 1.51. The molecule has 1 aromatic heterocycles. The van der Waals surface area contributed by atoms with E-state index in [0.717, 1.165) is 37.8 Å². The van der Waals surface area contributed by atoms with Gasteiger partial charge in [-0.25, -0.2) is 0 Å². The van der Waals surface area contributed by atoms with Gasteiger partial charge in [-0.1, -0.05) is 0 Å². The number of nitrogens with two attached hydrogens (primary N) is 1. The molecule has 0 aliphatic carbocycles. The van der Waals surface area contributed by atoms with Crippen molar-refractivity contribution >= 4 is 5.82 Å². The third-order valence-electron chi connectivity index (χ3n) is 2.41. The number of ether oxygens (including phenoxy) is 1. The summed E-state index contributed by atoms with van der Waals surface area (Å²) in [4.78, 5) is 2.20. The lowest BCUT2D eigenvalue weighted by Crippen LogP contribution is -2.36. The SMILES string of the molecule is CC(N)c1cc(N2CCOCC2)n[nH]1. The summed E-state index contributed by atoms with van der Waals surface area (Å²) in [5.41, 5.74) is 6.72. The Kier molecular flexibility index (Phi) is 2.69. The molecule has 1 aromatic rings. The molecule has 78 valence electrons. The lowest BCUT2D eigenvalue weighted by Gasteiger charge is -2.26. The van der Waals surface area contributed by atoms with E-state index >= 15 is 0 Å². The zero-order valence-electron chi connectivity index (χ0n) is 8.36. The third kappa shape index (κ3) is 1.88. The molecular formula is C9H16N4O. The van der Waals surface area contributed by atoms with Crippen LogP contribution in [-0.2, 0) is 4.74 Å². The highest BCUT2D eigenvalue weighted by molar-refractivity contribution is 5.40. The van der Waals surface area contributed by atoms with Crippen LogP contribution in [-0.4, -0.2) is 36.5 Å². The predicted molar refractivity (Wildman–Crippen MR) is 54.2 cm³/mol. The van der Waals surface area contributed by atoms with E-state index in [9.17, 15) is 0 Å². The highest BCUT2D eigenvalue weighted by Gasteiger charge is 2.14. The Balaban J connectivity index is 2.07. The summed E-state index contributed by atoms with van der Waals surface area (Å²) in [7, 11) is 0. The highest BCUT2D eigenvalue weighted by atomic mass is 16.5. The minimum atomic E-state index is 0.0114. The van der Waals surface area contributed by atoms with Crippen molar-refractivity contribution in [3.63, 3.8) is 0 Å². The molecule has 0 amide bonds. The normalized spacial score (nSPS) is 19.7. The topological polar surface area (TPSA) is 67.2 Å². The molecule has 1 unspecified atom stereocenters. The van der Waals surface area contributed by atoms with Gasteiger partial charge in [0.15, 0.2) is 5.82 Å². The van der Waals surface area contributed by atoms with E-state index < -0.39 is 0 Å². The standard InChI is InChI=1S/C9H16N4O/c1-7(10)8-6-9(12-11-8)13-2-4-14-5-3-13/h6-7H,2-5,10H2,1H3,(H,11,12). The van der Waals surface area contributed by atoms with Crippen LogP contribution in [0.5, 0.6) is 0 Å². The van der Waals surface area contributed by atoms with Crippen molar-refractivity contribution in [2.75, 3.05) is 31.2 Å². The molecule has 1 aliphatic rings. The van der Waals surface area contributed by atoms with Gasteiger partial charge in [-0.2, -0.15) is 5.10 Å². The first-order chi connectivity index (χ1) is 6.77. The van der Waals surface area contributed by atoms with Crippen LogP contribution in [0.1, 0.15) is 18.7 Å². The van der Waals surface area contributed by atoms with E-state index in [0.29, 0.717) is 0 Å². The second-order valence-corrected chi connectivity index (χ2v) is 3.57. The van der Waals surface area contributed by atoms with E-state index in [2.05, 4.69) is 15.1 Å². The smallest absolute Gasteiger partial charge is 0.150 e. The number of morpholine rings is 1. The summed E-state index contributed by atoms with van der Waals surface area (Å²) >= 11 is 0. The molecule has 1 fully saturated rings. The highest BCUT2D eigenvalue weighted by Crippen LogP contribution is 2.16. The van der Waals surface area contributed by atoms with Gasteiger partial charge in [-0.05, 0) is 6.92 Å². The van der Waals surface area contributed by atoms with Gasteiger partial charge >= 0.3 is 0 Å². The minimum absolute atomic E-state index is 0.0114. The number of H-pyrrole nitrogens is 1. The first kappa shape index (κ1) is 9.48. The molecule has 2 heterocycles. The van der Waals surface area contributed by atoms with Crippen LogP contribution in [0.4, 0.5) is 5.82 Å². The molecular weight excluding hydrogens is 180 g/mol. The van der Waals surface area contributed by atoms with Crippen molar-refractivity contribution in [1.29, 1.82) is 0 Å². The average molecular weight is 196 g/mol. The summed E-state index contributed by atoms with van der Waals surface area (Å²) in [5, 5.41) is 7.17. The van der Waals surface area contributed by atoms with Gasteiger partial charge in [0.25, 0.3) is 0 Å². The average Bonchev–Trinajstić information content (AvgIpc) is 2.68. The maximum atomic E-state index is 5.74. The zero-order valence-corrected chi connectivity index (χ0v) is 8.36. The summed E-state index contributed by atoms with van der Waals surface area (Å²) < 4.78 is 5.27. The van der Waals surface area contributed by atoms with Crippen LogP contribution in [0.15, 0.2) is 6.07 Å². The molecule has 14 heavy (non-hydrogen) atoms. The molecule has 0 spiro atoms. The monoisotopic (exact) mass is 196 g/mol. The first-order valence-corrected chi connectivity index (χ1v) is 4.91. The van der Waals surface area contributed by atoms with E-state index in [1.807, 2.05) is 13.0 Å². The largest absolute Gasteiger partial charge is 0.378 e. The van der Waals surface area contributed by atoms with Gasteiger partial charge < -0.3 is 15.4 Å². The van der Waals surface area contributed by atoms with E-state index in [-0.39, 0.29) is 6.04 Å². The molecule has 3 N–H and O–H groups in total. The first-order valence-electron chi connectivity index (χ1n) is 4.91. The number of aromatic nitrogens is 2.